The molecule has 0 atom stereocenters. The molecule has 1 nitrogen and oxygen atoms in total. The van der Waals surface area contributed by atoms with E-state index in [9.17, 15) is 0 Å². The van der Waals surface area contributed by atoms with Gasteiger partial charge in [0.1, 0.15) is 0 Å². The van der Waals surface area contributed by atoms with E-state index in [4.69, 9.17) is 28.9 Å². The second-order valence-corrected chi connectivity index (χ2v) is 6.03. The Morgan fingerprint density at radius 2 is 1.71 bits per heavy atom. The van der Waals surface area contributed by atoms with Crippen LogP contribution in [-0.2, 0) is 6.42 Å². The van der Waals surface area contributed by atoms with E-state index in [1.165, 1.54) is 25.7 Å². The minimum Gasteiger partial charge on any atom is -0.325 e. The fourth-order valence-corrected chi connectivity index (χ4v) is 3.13. The lowest BCUT2D eigenvalue weighted by Gasteiger charge is -2.28. The topological polar surface area (TPSA) is 26.0 Å². The minimum absolute atomic E-state index is 0.0754. The molecule has 0 amide bonds. The highest BCUT2D eigenvalue weighted by Crippen LogP contribution is 2.31. The predicted octanol–water partition coefficient (Wildman–Crippen LogP) is 4.59. The van der Waals surface area contributed by atoms with E-state index >= 15 is 0 Å². The highest BCUT2D eigenvalue weighted by atomic mass is 35.5. The lowest BCUT2D eigenvalue weighted by molar-refractivity contribution is 0.369. The molecular formula is C14H19Cl2N. The molecule has 0 saturated heterocycles. The van der Waals surface area contributed by atoms with E-state index in [0.717, 1.165) is 29.8 Å². The molecular weight excluding hydrogens is 253 g/mol. The molecule has 0 heterocycles. The van der Waals surface area contributed by atoms with Crippen LogP contribution in [0.3, 0.4) is 0 Å². The molecule has 0 unspecified atom stereocenters. The van der Waals surface area contributed by atoms with Crippen molar-refractivity contribution in [3.8, 4) is 0 Å². The van der Waals surface area contributed by atoms with Crippen LogP contribution in [0.25, 0.3) is 0 Å². The molecule has 0 aromatic heterocycles. The number of nitrogens with two attached hydrogens (primary N) is 1. The van der Waals surface area contributed by atoms with E-state index in [2.05, 4.69) is 0 Å². The molecule has 1 fully saturated rings. The second kappa shape index (κ2) is 5.60. The first-order valence-corrected chi connectivity index (χ1v) is 7.07. The van der Waals surface area contributed by atoms with Crippen molar-refractivity contribution in [1.82, 2.24) is 0 Å². The van der Waals surface area contributed by atoms with Gasteiger partial charge in [0.15, 0.2) is 0 Å². The fraction of sp³-hybridized carbons (Fsp3) is 0.571. The van der Waals surface area contributed by atoms with Gasteiger partial charge in [0.05, 0.1) is 0 Å². The zero-order chi connectivity index (χ0) is 12.3. The van der Waals surface area contributed by atoms with Gasteiger partial charge < -0.3 is 5.73 Å². The monoisotopic (exact) mass is 271 g/mol. The maximum atomic E-state index is 6.51. The molecule has 17 heavy (non-hydrogen) atoms. The Labute approximate surface area is 113 Å². The maximum Gasteiger partial charge on any atom is 0.0453 e. The first-order chi connectivity index (χ1) is 8.09. The molecule has 2 N–H and O–H groups in total. The molecule has 0 bridgehead atoms. The molecule has 1 aromatic carbocycles. The average Bonchev–Trinajstić information content (AvgIpc) is 2.48. The summed E-state index contributed by atoms with van der Waals surface area (Å²) in [5, 5.41) is 1.43. The van der Waals surface area contributed by atoms with Crippen molar-refractivity contribution in [2.24, 2.45) is 5.73 Å². The van der Waals surface area contributed by atoms with Crippen molar-refractivity contribution in [2.75, 3.05) is 0 Å². The number of hydrogen-bond donors (Lipinski definition) is 1. The Morgan fingerprint density at radius 3 is 2.29 bits per heavy atom. The van der Waals surface area contributed by atoms with Crippen molar-refractivity contribution in [3.05, 3.63) is 33.8 Å². The van der Waals surface area contributed by atoms with Gasteiger partial charge in [-0.3, -0.25) is 0 Å². The molecule has 0 radical (unpaired) electrons. The third-order valence-corrected chi connectivity index (χ3v) is 4.24. The van der Waals surface area contributed by atoms with Crippen LogP contribution in [0.15, 0.2) is 18.2 Å². The standard InChI is InChI=1S/C14H19Cl2N/c15-12-6-5-11(13(16)9-12)10-14(17)7-3-1-2-4-8-14/h5-6,9H,1-4,7-8,10,17H2. The normalized spacial score (nSPS) is 19.9. The lowest BCUT2D eigenvalue weighted by Crippen LogP contribution is -2.41. The van der Waals surface area contributed by atoms with Gasteiger partial charge in [-0.05, 0) is 37.0 Å². The Kier molecular flexibility index (Phi) is 4.35. The van der Waals surface area contributed by atoms with Crippen LogP contribution in [0.1, 0.15) is 44.1 Å². The molecule has 94 valence electrons. The summed E-state index contributed by atoms with van der Waals surface area (Å²) >= 11 is 12.1. The quantitative estimate of drug-likeness (QED) is 0.783. The summed E-state index contributed by atoms with van der Waals surface area (Å²) in [6.45, 7) is 0. The largest absolute Gasteiger partial charge is 0.325 e. The molecule has 1 aliphatic carbocycles. The Morgan fingerprint density at radius 1 is 1.06 bits per heavy atom. The van der Waals surface area contributed by atoms with Crippen LogP contribution < -0.4 is 5.73 Å². The van der Waals surface area contributed by atoms with E-state index in [1.807, 2.05) is 12.1 Å². The van der Waals surface area contributed by atoms with E-state index < -0.39 is 0 Å². The highest BCUT2D eigenvalue weighted by Gasteiger charge is 2.27. The maximum absolute atomic E-state index is 6.51. The van der Waals surface area contributed by atoms with Gasteiger partial charge in [-0.2, -0.15) is 0 Å². The molecule has 0 spiro atoms. The zero-order valence-electron chi connectivity index (χ0n) is 10.0. The van der Waals surface area contributed by atoms with Crippen LogP contribution in [0, 0.1) is 0 Å². The zero-order valence-corrected chi connectivity index (χ0v) is 11.5. The van der Waals surface area contributed by atoms with E-state index in [1.54, 1.807) is 6.07 Å². The molecule has 3 heteroatoms. The molecule has 2 rings (SSSR count). The summed E-state index contributed by atoms with van der Waals surface area (Å²) in [5.74, 6) is 0. The summed E-state index contributed by atoms with van der Waals surface area (Å²) in [4.78, 5) is 0. The Bertz CT molecular complexity index is 382. The number of benzene rings is 1. The van der Waals surface area contributed by atoms with Crippen LogP contribution >= 0.6 is 23.2 Å². The second-order valence-electron chi connectivity index (χ2n) is 5.19. The fourth-order valence-electron chi connectivity index (χ4n) is 2.65. The molecule has 1 aromatic rings. The first kappa shape index (κ1) is 13.2. The van der Waals surface area contributed by atoms with Gasteiger partial charge >= 0.3 is 0 Å². The van der Waals surface area contributed by atoms with Gasteiger partial charge in [-0.1, -0.05) is 55.0 Å². The van der Waals surface area contributed by atoms with Gasteiger partial charge in [-0.25, -0.2) is 0 Å². The SMILES string of the molecule is NC1(Cc2ccc(Cl)cc2Cl)CCCCCC1. The van der Waals surface area contributed by atoms with Gasteiger partial charge in [-0.15, -0.1) is 0 Å². The van der Waals surface area contributed by atoms with Gasteiger partial charge in [0, 0.05) is 15.6 Å². The van der Waals surface area contributed by atoms with Crippen molar-refractivity contribution in [1.29, 1.82) is 0 Å². The third-order valence-electron chi connectivity index (χ3n) is 3.66. The third kappa shape index (κ3) is 3.61. The van der Waals surface area contributed by atoms with Gasteiger partial charge in [0.2, 0.25) is 0 Å². The van der Waals surface area contributed by atoms with Crippen LogP contribution in [0.5, 0.6) is 0 Å². The molecule has 0 aliphatic heterocycles. The van der Waals surface area contributed by atoms with E-state index in [-0.39, 0.29) is 5.54 Å². The van der Waals surface area contributed by atoms with Crippen molar-refractivity contribution >= 4 is 23.2 Å². The lowest BCUT2D eigenvalue weighted by atomic mass is 9.85. The highest BCUT2D eigenvalue weighted by molar-refractivity contribution is 6.35. The average molecular weight is 272 g/mol. The first-order valence-electron chi connectivity index (χ1n) is 6.32. The Balaban J connectivity index is 2.12. The smallest absolute Gasteiger partial charge is 0.0453 e. The van der Waals surface area contributed by atoms with Crippen LogP contribution in [0.2, 0.25) is 10.0 Å². The number of hydrogen-bond acceptors (Lipinski definition) is 1. The van der Waals surface area contributed by atoms with Gasteiger partial charge in [0.25, 0.3) is 0 Å². The number of halogens is 2. The Hall–Kier alpha value is -0.240. The summed E-state index contributed by atoms with van der Waals surface area (Å²) in [7, 11) is 0. The minimum atomic E-state index is -0.0754. The van der Waals surface area contributed by atoms with E-state index in [0.29, 0.717) is 5.02 Å². The molecule has 1 saturated carbocycles. The summed E-state index contributed by atoms with van der Waals surface area (Å²) in [5.41, 5.74) is 7.56. The summed E-state index contributed by atoms with van der Waals surface area (Å²) < 4.78 is 0. The summed E-state index contributed by atoms with van der Waals surface area (Å²) in [6.07, 6.45) is 8.17. The predicted molar refractivity (Wildman–Crippen MR) is 74.8 cm³/mol. The summed E-state index contributed by atoms with van der Waals surface area (Å²) in [6, 6.07) is 5.70. The number of rotatable bonds is 2. The van der Waals surface area contributed by atoms with Crippen molar-refractivity contribution in [2.45, 2.75) is 50.5 Å². The molecule has 1 aliphatic rings. The van der Waals surface area contributed by atoms with Crippen LogP contribution in [-0.4, -0.2) is 5.54 Å². The van der Waals surface area contributed by atoms with Crippen molar-refractivity contribution < 1.29 is 0 Å². The van der Waals surface area contributed by atoms with Crippen molar-refractivity contribution in [3.63, 3.8) is 0 Å². The van der Waals surface area contributed by atoms with Crippen LogP contribution in [0.4, 0.5) is 0 Å².